The number of hydrogen-bond acceptors (Lipinski definition) is 6. The lowest BCUT2D eigenvalue weighted by Gasteiger charge is -2.21. The zero-order valence-corrected chi connectivity index (χ0v) is 17.8. The molecule has 7 nitrogen and oxygen atoms in total. The zero-order chi connectivity index (χ0) is 21.3. The highest BCUT2D eigenvalue weighted by Gasteiger charge is 2.35. The SMILES string of the molecule is Cc1nn(-c2ccccc2Cl)c2sc(C(=O)OCC(=O)NC3(C#N)CCCC3)cc12. The highest BCUT2D eigenvalue weighted by molar-refractivity contribution is 7.20. The molecule has 3 aromatic rings. The topological polar surface area (TPSA) is 97.0 Å². The predicted octanol–water partition coefficient (Wildman–Crippen LogP) is 4.16. The van der Waals surface area contributed by atoms with E-state index in [2.05, 4.69) is 16.5 Å². The summed E-state index contributed by atoms with van der Waals surface area (Å²) in [6.07, 6.45) is 3.04. The quantitative estimate of drug-likeness (QED) is 0.598. The first-order valence-corrected chi connectivity index (χ1v) is 10.8. The Kier molecular flexibility index (Phi) is 5.50. The van der Waals surface area contributed by atoms with E-state index in [-0.39, 0.29) is 0 Å². The second kappa shape index (κ2) is 8.09. The predicted molar refractivity (Wildman–Crippen MR) is 114 cm³/mol. The summed E-state index contributed by atoms with van der Waals surface area (Å²) in [7, 11) is 0. The number of fused-ring (bicyclic) bond motifs is 1. The molecule has 1 N–H and O–H groups in total. The molecule has 1 saturated carbocycles. The summed E-state index contributed by atoms with van der Waals surface area (Å²) in [6, 6.07) is 11.2. The normalized spacial score (nSPS) is 15.1. The fourth-order valence-corrected chi connectivity index (χ4v) is 4.97. The number of aromatic nitrogens is 2. The third kappa shape index (κ3) is 3.78. The van der Waals surface area contributed by atoms with Gasteiger partial charge >= 0.3 is 5.97 Å². The minimum atomic E-state index is -0.837. The van der Waals surface area contributed by atoms with Crippen LogP contribution in [0.25, 0.3) is 15.9 Å². The van der Waals surface area contributed by atoms with Crippen LogP contribution in [0.3, 0.4) is 0 Å². The smallest absolute Gasteiger partial charge is 0.348 e. The summed E-state index contributed by atoms with van der Waals surface area (Å²) in [5, 5.41) is 18.0. The number of benzene rings is 1. The van der Waals surface area contributed by atoms with Crippen LogP contribution in [0.2, 0.25) is 5.02 Å². The molecule has 1 amide bonds. The van der Waals surface area contributed by atoms with Crippen molar-refractivity contribution in [1.82, 2.24) is 15.1 Å². The minimum Gasteiger partial charge on any atom is -0.451 e. The number of halogens is 1. The van der Waals surface area contributed by atoms with Gasteiger partial charge in [0.25, 0.3) is 5.91 Å². The van der Waals surface area contributed by atoms with E-state index in [9.17, 15) is 14.9 Å². The largest absolute Gasteiger partial charge is 0.451 e. The highest BCUT2D eigenvalue weighted by atomic mass is 35.5. The van der Waals surface area contributed by atoms with Crippen molar-refractivity contribution in [2.45, 2.75) is 38.1 Å². The molecule has 0 atom stereocenters. The Hall–Kier alpha value is -2.89. The number of hydrogen-bond donors (Lipinski definition) is 1. The maximum atomic E-state index is 12.5. The lowest BCUT2D eigenvalue weighted by atomic mass is 10.00. The Morgan fingerprint density at radius 1 is 1.37 bits per heavy atom. The summed E-state index contributed by atoms with van der Waals surface area (Å²) < 4.78 is 6.90. The molecular formula is C21H19ClN4O3S. The van der Waals surface area contributed by atoms with Gasteiger partial charge in [-0.3, -0.25) is 4.79 Å². The van der Waals surface area contributed by atoms with E-state index in [0.717, 1.165) is 34.4 Å². The molecule has 0 bridgehead atoms. The highest BCUT2D eigenvalue weighted by Crippen LogP contribution is 2.33. The van der Waals surface area contributed by atoms with Gasteiger partial charge in [0.2, 0.25) is 0 Å². The number of nitrogens with zero attached hydrogens (tertiary/aromatic N) is 3. The number of amides is 1. The Morgan fingerprint density at radius 3 is 2.80 bits per heavy atom. The average Bonchev–Trinajstić information content (AvgIpc) is 3.44. The van der Waals surface area contributed by atoms with E-state index in [4.69, 9.17) is 16.3 Å². The monoisotopic (exact) mass is 442 g/mol. The first-order chi connectivity index (χ1) is 14.4. The van der Waals surface area contributed by atoms with Gasteiger partial charge in [-0.25, -0.2) is 9.48 Å². The molecule has 1 aliphatic carbocycles. The molecule has 4 rings (SSSR count). The second-order valence-electron chi connectivity index (χ2n) is 7.30. The van der Waals surface area contributed by atoms with Crippen molar-refractivity contribution in [1.29, 1.82) is 5.26 Å². The fourth-order valence-electron chi connectivity index (χ4n) is 3.68. The van der Waals surface area contributed by atoms with Gasteiger partial charge in [-0.05, 0) is 50.8 Å². The molecule has 154 valence electrons. The molecule has 1 aromatic carbocycles. The van der Waals surface area contributed by atoms with Crippen molar-refractivity contribution in [3.63, 3.8) is 0 Å². The van der Waals surface area contributed by atoms with Crippen molar-refractivity contribution in [2.24, 2.45) is 0 Å². The zero-order valence-electron chi connectivity index (χ0n) is 16.3. The number of ether oxygens (including phenoxy) is 1. The third-order valence-corrected chi connectivity index (χ3v) is 6.62. The van der Waals surface area contributed by atoms with Gasteiger partial charge in [-0.15, -0.1) is 11.3 Å². The number of carbonyl (C=O) groups is 2. The molecule has 0 saturated heterocycles. The van der Waals surface area contributed by atoms with Crippen molar-refractivity contribution in [3.05, 3.63) is 45.9 Å². The lowest BCUT2D eigenvalue weighted by Crippen LogP contribution is -2.46. The molecule has 0 unspecified atom stereocenters. The van der Waals surface area contributed by atoms with Gasteiger partial charge in [0, 0.05) is 5.39 Å². The maximum absolute atomic E-state index is 12.5. The van der Waals surface area contributed by atoms with E-state index in [1.54, 1.807) is 16.8 Å². The Bertz CT molecular complexity index is 1170. The van der Waals surface area contributed by atoms with Crippen LogP contribution < -0.4 is 5.32 Å². The number of esters is 1. The van der Waals surface area contributed by atoms with Crippen LogP contribution >= 0.6 is 22.9 Å². The molecule has 0 aliphatic heterocycles. The number of carbonyl (C=O) groups excluding carboxylic acids is 2. The first kappa shape index (κ1) is 20.4. The maximum Gasteiger partial charge on any atom is 0.348 e. The van der Waals surface area contributed by atoms with E-state index < -0.39 is 24.0 Å². The van der Waals surface area contributed by atoms with Crippen LogP contribution in [0.4, 0.5) is 0 Å². The molecular weight excluding hydrogens is 424 g/mol. The number of nitriles is 1. The Balaban J connectivity index is 1.49. The van der Waals surface area contributed by atoms with Crippen molar-refractivity contribution in [3.8, 4) is 11.8 Å². The van der Waals surface area contributed by atoms with E-state index in [1.165, 1.54) is 11.3 Å². The number of thiophene rings is 1. The van der Waals surface area contributed by atoms with Crippen molar-refractivity contribution in [2.75, 3.05) is 6.61 Å². The van der Waals surface area contributed by atoms with Crippen LogP contribution in [0, 0.1) is 18.3 Å². The number of aryl methyl sites for hydroxylation is 1. The molecule has 2 heterocycles. The van der Waals surface area contributed by atoms with Crippen LogP contribution in [0.1, 0.15) is 41.0 Å². The number of nitrogens with one attached hydrogen (secondary N) is 1. The Morgan fingerprint density at radius 2 is 2.10 bits per heavy atom. The minimum absolute atomic E-state index is 0.370. The van der Waals surface area contributed by atoms with Gasteiger partial charge in [-0.2, -0.15) is 10.4 Å². The van der Waals surface area contributed by atoms with Crippen LogP contribution in [0.5, 0.6) is 0 Å². The van der Waals surface area contributed by atoms with E-state index in [0.29, 0.717) is 22.7 Å². The molecule has 9 heteroatoms. The van der Waals surface area contributed by atoms with Crippen molar-refractivity contribution >= 4 is 45.0 Å². The lowest BCUT2D eigenvalue weighted by molar-refractivity contribution is -0.125. The van der Waals surface area contributed by atoms with Crippen LogP contribution in [-0.4, -0.2) is 33.8 Å². The summed E-state index contributed by atoms with van der Waals surface area (Å²) in [5.74, 6) is -1.06. The first-order valence-electron chi connectivity index (χ1n) is 9.56. The second-order valence-corrected chi connectivity index (χ2v) is 8.74. The molecule has 1 fully saturated rings. The molecule has 2 aromatic heterocycles. The molecule has 0 spiro atoms. The van der Waals surface area contributed by atoms with Gasteiger partial charge in [0.15, 0.2) is 6.61 Å². The standard InChI is InChI=1S/C21H19ClN4O3S/c1-13-14-10-17(30-19(14)26(25-13)16-7-3-2-6-15(16)22)20(28)29-11-18(27)24-21(12-23)8-4-5-9-21/h2-3,6-7,10H,4-5,8-9,11H2,1H3,(H,24,27). The van der Waals surface area contributed by atoms with E-state index in [1.807, 2.05) is 25.1 Å². The fraction of sp³-hybridized carbons (Fsp3) is 0.333. The van der Waals surface area contributed by atoms with Crippen molar-refractivity contribution < 1.29 is 14.3 Å². The molecule has 1 aliphatic rings. The van der Waals surface area contributed by atoms with Gasteiger partial charge in [0.1, 0.15) is 15.2 Å². The average molecular weight is 443 g/mol. The summed E-state index contributed by atoms with van der Waals surface area (Å²) in [4.78, 5) is 25.8. The van der Waals surface area contributed by atoms with Gasteiger partial charge in [-0.1, -0.05) is 23.7 Å². The van der Waals surface area contributed by atoms with E-state index >= 15 is 0 Å². The van der Waals surface area contributed by atoms with Gasteiger partial charge < -0.3 is 10.1 Å². The van der Waals surface area contributed by atoms with Crippen LogP contribution in [0.15, 0.2) is 30.3 Å². The Labute approximate surface area is 182 Å². The molecule has 0 radical (unpaired) electrons. The number of rotatable bonds is 5. The summed E-state index contributed by atoms with van der Waals surface area (Å²) in [6.45, 7) is 1.43. The molecule has 30 heavy (non-hydrogen) atoms. The van der Waals surface area contributed by atoms with Crippen LogP contribution in [-0.2, 0) is 9.53 Å². The third-order valence-electron chi connectivity index (χ3n) is 5.21. The summed E-state index contributed by atoms with van der Waals surface area (Å²) >= 11 is 7.53. The van der Waals surface area contributed by atoms with Gasteiger partial charge in [0.05, 0.1) is 22.5 Å². The number of para-hydroxylation sites is 1. The summed E-state index contributed by atoms with van der Waals surface area (Å²) in [5.41, 5.74) is 0.642.